The van der Waals surface area contributed by atoms with E-state index in [1.807, 2.05) is 26.8 Å². The maximum absolute atomic E-state index is 12.1. The Bertz CT molecular complexity index is 560. The average Bonchev–Trinajstić information content (AvgIpc) is 2.43. The van der Waals surface area contributed by atoms with Gasteiger partial charge in [-0.25, -0.2) is 4.79 Å². The third-order valence-corrected chi connectivity index (χ3v) is 3.40. The quantitative estimate of drug-likeness (QED) is 0.786. The van der Waals surface area contributed by atoms with Crippen molar-refractivity contribution in [3.05, 3.63) is 28.8 Å². The fourth-order valence-corrected chi connectivity index (χ4v) is 2.45. The average molecular weight is 291 g/mol. The third-order valence-electron chi connectivity index (χ3n) is 3.40. The van der Waals surface area contributed by atoms with Crippen molar-refractivity contribution in [2.75, 3.05) is 13.7 Å². The number of methoxy groups -OCH3 is 1. The Morgan fingerprint density at radius 3 is 2.62 bits per heavy atom. The van der Waals surface area contributed by atoms with E-state index in [0.717, 1.165) is 17.4 Å². The van der Waals surface area contributed by atoms with E-state index in [0.29, 0.717) is 30.8 Å². The molecule has 1 aliphatic heterocycles. The highest BCUT2D eigenvalue weighted by atomic mass is 16.6. The van der Waals surface area contributed by atoms with Crippen LogP contribution in [-0.4, -0.2) is 36.5 Å². The highest BCUT2D eigenvalue weighted by Gasteiger charge is 2.27. The first-order valence-corrected chi connectivity index (χ1v) is 6.97. The molecule has 1 amide bonds. The van der Waals surface area contributed by atoms with Gasteiger partial charge in [-0.3, -0.25) is 4.79 Å². The predicted molar refractivity (Wildman–Crippen MR) is 78.7 cm³/mol. The standard InChI is InChI=1S/C16H21NO4/c1-16(2,3)21-15(19)17-8-7-12-11(9-17)5-6-14(20-4)13(12)10-18/h5-6,10H,7-9H2,1-4H3. The Balaban J connectivity index is 2.22. The van der Waals surface area contributed by atoms with Gasteiger partial charge in [-0.05, 0) is 44.4 Å². The van der Waals surface area contributed by atoms with Crippen LogP contribution in [-0.2, 0) is 17.7 Å². The van der Waals surface area contributed by atoms with Crippen LogP contribution in [0.1, 0.15) is 42.3 Å². The molecule has 0 fully saturated rings. The van der Waals surface area contributed by atoms with Gasteiger partial charge in [0.05, 0.1) is 12.7 Å². The van der Waals surface area contributed by atoms with Gasteiger partial charge in [0.2, 0.25) is 0 Å². The van der Waals surface area contributed by atoms with E-state index in [1.54, 1.807) is 18.1 Å². The lowest BCUT2D eigenvalue weighted by Crippen LogP contribution is -2.40. The number of carbonyl (C=O) groups excluding carboxylic acids is 2. The highest BCUT2D eigenvalue weighted by molar-refractivity contribution is 5.83. The maximum Gasteiger partial charge on any atom is 0.410 e. The van der Waals surface area contributed by atoms with Crippen molar-refractivity contribution in [3.63, 3.8) is 0 Å². The number of benzene rings is 1. The number of amides is 1. The van der Waals surface area contributed by atoms with Crippen LogP contribution in [0.2, 0.25) is 0 Å². The van der Waals surface area contributed by atoms with Gasteiger partial charge < -0.3 is 14.4 Å². The molecular weight excluding hydrogens is 270 g/mol. The Morgan fingerprint density at radius 2 is 2.05 bits per heavy atom. The van der Waals surface area contributed by atoms with Gasteiger partial charge in [0.25, 0.3) is 0 Å². The molecule has 0 aliphatic carbocycles. The second-order valence-corrected chi connectivity index (χ2v) is 6.09. The van der Waals surface area contributed by atoms with Gasteiger partial charge in [-0.2, -0.15) is 0 Å². The Morgan fingerprint density at radius 1 is 1.33 bits per heavy atom. The first-order valence-electron chi connectivity index (χ1n) is 6.97. The van der Waals surface area contributed by atoms with Gasteiger partial charge in [0.1, 0.15) is 11.4 Å². The van der Waals surface area contributed by atoms with Crippen molar-refractivity contribution in [2.45, 2.75) is 39.3 Å². The maximum atomic E-state index is 12.1. The predicted octanol–water partition coefficient (Wildman–Crippen LogP) is 2.80. The van der Waals surface area contributed by atoms with Crippen LogP contribution < -0.4 is 4.74 Å². The molecule has 5 heteroatoms. The van der Waals surface area contributed by atoms with Gasteiger partial charge in [-0.15, -0.1) is 0 Å². The molecular formula is C16H21NO4. The summed E-state index contributed by atoms with van der Waals surface area (Å²) in [6.45, 7) is 6.53. The minimum atomic E-state index is -0.509. The van der Waals surface area contributed by atoms with Crippen LogP contribution >= 0.6 is 0 Å². The van der Waals surface area contributed by atoms with E-state index in [2.05, 4.69) is 0 Å². The molecule has 1 aromatic carbocycles. The zero-order valence-corrected chi connectivity index (χ0v) is 12.9. The first-order chi connectivity index (χ1) is 9.85. The Labute approximate surface area is 124 Å². The highest BCUT2D eigenvalue weighted by Crippen LogP contribution is 2.29. The van der Waals surface area contributed by atoms with Crippen molar-refractivity contribution < 1.29 is 19.1 Å². The van der Waals surface area contributed by atoms with Crippen LogP contribution in [0.25, 0.3) is 0 Å². The molecule has 0 unspecified atom stereocenters. The molecule has 0 saturated heterocycles. The molecule has 2 rings (SSSR count). The minimum Gasteiger partial charge on any atom is -0.496 e. The van der Waals surface area contributed by atoms with Crippen molar-refractivity contribution in [1.29, 1.82) is 0 Å². The molecule has 114 valence electrons. The summed E-state index contributed by atoms with van der Waals surface area (Å²) >= 11 is 0. The molecule has 0 N–H and O–H groups in total. The molecule has 0 bridgehead atoms. The monoisotopic (exact) mass is 291 g/mol. The van der Waals surface area contributed by atoms with Gasteiger partial charge >= 0.3 is 6.09 Å². The summed E-state index contributed by atoms with van der Waals surface area (Å²) in [5, 5.41) is 0. The summed E-state index contributed by atoms with van der Waals surface area (Å²) in [6.07, 6.45) is 1.12. The molecule has 0 radical (unpaired) electrons. The normalized spacial score (nSPS) is 14.4. The van der Waals surface area contributed by atoms with Crippen molar-refractivity contribution in [2.24, 2.45) is 0 Å². The molecule has 1 aliphatic rings. The summed E-state index contributed by atoms with van der Waals surface area (Å²) < 4.78 is 10.6. The van der Waals surface area contributed by atoms with Gasteiger partial charge in [0.15, 0.2) is 6.29 Å². The van der Waals surface area contributed by atoms with E-state index in [4.69, 9.17) is 9.47 Å². The second kappa shape index (κ2) is 5.76. The number of nitrogens with zero attached hydrogens (tertiary/aromatic N) is 1. The van der Waals surface area contributed by atoms with Crippen LogP contribution in [0.15, 0.2) is 12.1 Å². The third kappa shape index (κ3) is 3.35. The largest absolute Gasteiger partial charge is 0.496 e. The summed E-state index contributed by atoms with van der Waals surface area (Å²) in [7, 11) is 1.55. The topological polar surface area (TPSA) is 55.8 Å². The SMILES string of the molecule is COc1ccc2c(c1C=O)CCN(C(=O)OC(C)(C)C)C2. The van der Waals surface area contributed by atoms with Gasteiger partial charge in [-0.1, -0.05) is 6.07 Å². The fraction of sp³-hybridized carbons (Fsp3) is 0.500. The van der Waals surface area contributed by atoms with E-state index in [9.17, 15) is 9.59 Å². The fourth-order valence-electron chi connectivity index (χ4n) is 2.45. The minimum absolute atomic E-state index is 0.323. The molecule has 5 nitrogen and oxygen atoms in total. The number of carbonyl (C=O) groups is 2. The number of aldehydes is 1. The van der Waals surface area contributed by atoms with Crippen LogP contribution in [0.3, 0.4) is 0 Å². The van der Waals surface area contributed by atoms with Crippen molar-refractivity contribution >= 4 is 12.4 Å². The van der Waals surface area contributed by atoms with Crippen LogP contribution in [0, 0.1) is 0 Å². The number of rotatable bonds is 2. The lowest BCUT2D eigenvalue weighted by Gasteiger charge is -2.32. The van der Waals surface area contributed by atoms with Crippen molar-refractivity contribution in [3.8, 4) is 5.75 Å². The van der Waals surface area contributed by atoms with Crippen LogP contribution in [0.5, 0.6) is 5.75 Å². The number of hydrogen-bond donors (Lipinski definition) is 0. The van der Waals surface area contributed by atoms with E-state index >= 15 is 0 Å². The summed E-state index contributed by atoms with van der Waals surface area (Å²) in [5.74, 6) is 0.578. The summed E-state index contributed by atoms with van der Waals surface area (Å²) in [6, 6.07) is 3.67. The van der Waals surface area contributed by atoms with Crippen LogP contribution in [0.4, 0.5) is 4.79 Å². The molecule has 0 spiro atoms. The zero-order valence-electron chi connectivity index (χ0n) is 12.9. The zero-order chi connectivity index (χ0) is 15.6. The van der Waals surface area contributed by atoms with E-state index in [1.165, 1.54) is 0 Å². The van der Waals surface area contributed by atoms with E-state index in [-0.39, 0.29) is 6.09 Å². The second-order valence-electron chi connectivity index (χ2n) is 6.09. The summed E-state index contributed by atoms with van der Waals surface area (Å²) in [5.41, 5.74) is 2.00. The smallest absolute Gasteiger partial charge is 0.410 e. The van der Waals surface area contributed by atoms with E-state index < -0.39 is 5.60 Å². The lowest BCUT2D eigenvalue weighted by atomic mass is 9.94. The molecule has 0 saturated carbocycles. The lowest BCUT2D eigenvalue weighted by molar-refractivity contribution is 0.0224. The molecule has 1 aromatic rings. The number of ether oxygens (including phenoxy) is 2. The number of hydrogen-bond acceptors (Lipinski definition) is 4. The molecule has 21 heavy (non-hydrogen) atoms. The van der Waals surface area contributed by atoms with Crippen molar-refractivity contribution in [1.82, 2.24) is 4.90 Å². The summed E-state index contributed by atoms with van der Waals surface area (Å²) in [4.78, 5) is 25.0. The number of fused-ring (bicyclic) bond motifs is 1. The Hall–Kier alpha value is -2.04. The molecule has 0 atom stereocenters. The molecule has 1 heterocycles. The van der Waals surface area contributed by atoms with Gasteiger partial charge in [0, 0.05) is 13.1 Å². The molecule has 0 aromatic heterocycles. The Kier molecular flexibility index (Phi) is 4.21. The first kappa shape index (κ1) is 15.4.